The number of carbonyl (C=O) groups excluding carboxylic acids is 5. The first-order valence-corrected chi connectivity index (χ1v) is 37.0. The van der Waals surface area contributed by atoms with Gasteiger partial charge in [-0.05, 0) is 213 Å². The number of allylic oxidation sites excluding steroid dienone is 1. The molecular weight excluding hydrogens is 1250 g/mol. The van der Waals surface area contributed by atoms with Crippen LogP contribution in [0.4, 0.5) is 10.5 Å². The number of carbonyl (C=O) groups is 5. The second-order valence-electron chi connectivity index (χ2n) is 29.7. The first-order chi connectivity index (χ1) is 48.4. The van der Waals surface area contributed by atoms with Crippen LogP contribution < -0.4 is 40.8 Å². The highest BCUT2D eigenvalue weighted by atomic mass is 16.7. The summed E-state index contributed by atoms with van der Waals surface area (Å²) in [6, 6.07) is 47.6. The smallest absolute Gasteiger partial charge is 0.497 e. The molecule has 0 spiro atoms. The molecule has 15 heteroatoms. The van der Waals surface area contributed by atoms with Gasteiger partial charge in [-0.1, -0.05) is 180 Å². The fourth-order valence-corrected chi connectivity index (χ4v) is 17.2. The molecule has 5 N–H and O–H groups in total. The minimum Gasteiger partial charge on any atom is -0.497 e. The lowest BCUT2D eigenvalue weighted by Crippen LogP contribution is -2.53. The molecule has 0 aromatic heterocycles. The van der Waals surface area contributed by atoms with Crippen LogP contribution in [0.2, 0.25) is 0 Å². The summed E-state index contributed by atoms with van der Waals surface area (Å²) in [7, 11) is 3.23. The van der Waals surface area contributed by atoms with Crippen LogP contribution in [0.15, 0.2) is 169 Å². The van der Waals surface area contributed by atoms with E-state index in [0.717, 1.165) is 81.9 Å². The van der Waals surface area contributed by atoms with E-state index in [1.165, 1.54) is 57.8 Å². The molecule has 4 aliphatic rings. The maximum absolute atomic E-state index is 14.8. The quantitative estimate of drug-likeness (QED) is 0.00849. The van der Waals surface area contributed by atoms with Gasteiger partial charge < -0.3 is 45.0 Å². The highest BCUT2D eigenvalue weighted by Gasteiger charge is 2.59. The van der Waals surface area contributed by atoms with E-state index in [0.29, 0.717) is 67.1 Å². The van der Waals surface area contributed by atoms with E-state index in [9.17, 15) is 24.0 Å². The molecule has 4 aliphatic carbocycles. The predicted molar refractivity (Wildman–Crippen MR) is 395 cm³/mol. The monoisotopic (exact) mass is 1360 g/mol. The normalized spacial score (nSPS) is 21.7. The first-order valence-electron chi connectivity index (χ1n) is 37.0. The fourth-order valence-electron chi connectivity index (χ4n) is 17.2. The van der Waals surface area contributed by atoms with Gasteiger partial charge in [0.25, 0.3) is 0 Å². The molecule has 4 amide bonds. The van der Waals surface area contributed by atoms with Crippen LogP contribution in [0.3, 0.4) is 0 Å². The summed E-state index contributed by atoms with van der Waals surface area (Å²) in [5.41, 5.74) is 7.55. The Labute approximate surface area is 594 Å². The molecule has 100 heavy (non-hydrogen) atoms. The van der Waals surface area contributed by atoms with Gasteiger partial charge in [0, 0.05) is 38.1 Å². The van der Waals surface area contributed by atoms with Crippen molar-refractivity contribution in [3.8, 4) is 17.2 Å². The summed E-state index contributed by atoms with van der Waals surface area (Å²) < 4.78 is 28.3. The summed E-state index contributed by atoms with van der Waals surface area (Å²) in [5.74, 6) is 4.80. The Bertz CT molecular complexity index is 3600. The number of amides is 4. The van der Waals surface area contributed by atoms with Crippen LogP contribution >= 0.6 is 0 Å². The molecule has 15 nitrogen and oxygen atoms in total. The van der Waals surface area contributed by atoms with Crippen LogP contribution in [0.5, 0.6) is 17.2 Å². The number of benzene rings is 6. The van der Waals surface area contributed by atoms with Crippen molar-refractivity contribution >= 4 is 35.5 Å². The van der Waals surface area contributed by atoms with Gasteiger partial charge in [0.1, 0.15) is 35.9 Å². The molecular formula is C85H109N5O10. The zero-order valence-corrected chi connectivity index (χ0v) is 60.4. The van der Waals surface area contributed by atoms with Crippen molar-refractivity contribution in [1.29, 1.82) is 0 Å². The van der Waals surface area contributed by atoms with E-state index in [-0.39, 0.29) is 49.7 Å². The first kappa shape index (κ1) is 74.4. The number of anilines is 1. The Kier molecular flexibility index (Phi) is 26.3. The molecule has 6 aromatic carbocycles. The van der Waals surface area contributed by atoms with Crippen LogP contribution in [0.25, 0.3) is 0 Å². The van der Waals surface area contributed by atoms with Crippen molar-refractivity contribution in [2.45, 2.75) is 187 Å². The fraction of sp³-hybridized carbons (Fsp3) is 0.494. The summed E-state index contributed by atoms with van der Waals surface area (Å²) in [6.45, 7) is 15.9. The zero-order chi connectivity index (χ0) is 70.7. The average molecular weight is 1360 g/mol. The van der Waals surface area contributed by atoms with E-state index < -0.39 is 41.5 Å². The number of methoxy groups -OCH3 is 2. The van der Waals surface area contributed by atoms with Crippen LogP contribution in [0.1, 0.15) is 177 Å². The Balaban J connectivity index is 0.746. The van der Waals surface area contributed by atoms with Crippen molar-refractivity contribution in [2.75, 3.05) is 39.2 Å². The van der Waals surface area contributed by atoms with Gasteiger partial charge in [-0.25, -0.2) is 4.79 Å². The number of nitrogens with one attached hydrogen (secondary N) is 5. The lowest BCUT2D eigenvalue weighted by atomic mass is 9.47. The summed E-state index contributed by atoms with van der Waals surface area (Å²) in [5, 5.41) is 15.9. The van der Waals surface area contributed by atoms with E-state index >= 15 is 0 Å². The van der Waals surface area contributed by atoms with E-state index in [1.54, 1.807) is 68.3 Å². The van der Waals surface area contributed by atoms with E-state index in [2.05, 4.69) is 104 Å². The molecule has 0 aliphatic heterocycles. The second-order valence-corrected chi connectivity index (χ2v) is 29.7. The Morgan fingerprint density at radius 3 is 1.90 bits per heavy atom. The summed E-state index contributed by atoms with van der Waals surface area (Å²) >= 11 is 0. The number of hydrogen-bond acceptors (Lipinski definition) is 11. The minimum absolute atomic E-state index is 0.0695. The van der Waals surface area contributed by atoms with Gasteiger partial charge in [0.05, 0.1) is 25.9 Å². The standard InChI is InChI=1S/C85H109N5O10/c1-58(2)19-17-20-60(4)73-44-45-74-72-43-34-66-56-71(48-50-83(66,5)75(72)49-51-84(73,74)6)98-54-18-52-86-78(91)46-47-79(92)89-77(55-61-30-39-68(96-7)40-31-61)81(94)90-76(80(93)88-67-35-28-62(29-36-67)57-99-82(95)100-70-37-26-59(3)27-38-70)25-15-16-53-87-85(63-21-11-9-12-22-63,64-23-13-10-14-24-64)65-32-41-69(97-8)42-33-65/h9-14,21-24,26-42,58,60,71-77,87H,15-20,25,43-57H2,1-8H3,(H,86,91)(H,88,93)(H,89,92)(H,90,94)/t60-,71+,72+,73-,74+,75+,76+,77+,83+,84-/m1/s1. The SMILES string of the molecule is COc1ccc(C[C@H](NC(=O)CCC(=O)NCCCO[C@H]2CC[C@@]3(C)C(=CC[C@H]4[C@@H]5CC[C@H]([C@H](C)CCCC(C)C)[C@@]5(C)CC[C@@H]43)C2)C(=O)N[C@@H](CCCCNC(c2ccccc2)(c2ccccc2)c2ccc(OC)cc2)C(=O)Nc2ccc(COC(=O)Oc3ccc(C)cc3)cc2)cc1. The van der Waals surface area contributed by atoms with E-state index in [1.807, 2.05) is 79.7 Å². The van der Waals surface area contributed by atoms with Gasteiger partial charge in [-0.2, -0.15) is 0 Å². The van der Waals surface area contributed by atoms with Crippen molar-refractivity contribution in [3.05, 3.63) is 203 Å². The third-order valence-corrected chi connectivity index (χ3v) is 22.8. The van der Waals surface area contributed by atoms with Crippen LogP contribution in [-0.4, -0.2) is 81.9 Å². The lowest BCUT2D eigenvalue weighted by molar-refractivity contribution is -0.131. The molecule has 3 saturated carbocycles. The Morgan fingerprint density at radius 2 is 1.23 bits per heavy atom. The highest BCUT2D eigenvalue weighted by Crippen LogP contribution is 2.67. The Morgan fingerprint density at radius 1 is 0.590 bits per heavy atom. The van der Waals surface area contributed by atoms with Crippen molar-refractivity contribution < 1.29 is 47.7 Å². The van der Waals surface area contributed by atoms with Gasteiger partial charge in [0.15, 0.2) is 0 Å². The van der Waals surface area contributed by atoms with Crippen LogP contribution in [-0.2, 0) is 47.2 Å². The minimum atomic E-state index is -1.11. The number of aryl methyl sites for hydroxylation is 1. The largest absolute Gasteiger partial charge is 0.514 e. The Hall–Kier alpha value is -8.27. The van der Waals surface area contributed by atoms with Crippen molar-refractivity contribution in [2.24, 2.45) is 46.3 Å². The molecule has 0 bridgehead atoms. The molecule has 10 atom stereocenters. The molecule has 0 saturated heterocycles. The van der Waals surface area contributed by atoms with Gasteiger partial charge >= 0.3 is 6.16 Å². The third kappa shape index (κ3) is 19.0. The number of rotatable bonds is 34. The zero-order valence-electron chi connectivity index (χ0n) is 60.4. The molecule has 534 valence electrons. The third-order valence-electron chi connectivity index (χ3n) is 22.8. The predicted octanol–water partition coefficient (Wildman–Crippen LogP) is 16.3. The number of hydrogen-bond donors (Lipinski definition) is 5. The van der Waals surface area contributed by atoms with Gasteiger partial charge in [0.2, 0.25) is 23.6 Å². The van der Waals surface area contributed by atoms with Gasteiger partial charge in [-0.15, -0.1) is 0 Å². The maximum atomic E-state index is 14.8. The summed E-state index contributed by atoms with van der Waals surface area (Å²) in [4.78, 5) is 69.3. The number of unbranched alkanes of at least 4 members (excludes halogenated alkanes) is 1. The molecule has 0 unspecified atom stereocenters. The molecule has 3 fully saturated rings. The topological polar surface area (TPSA) is 192 Å². The molecule has 0 heterocycles. The second kappa shape index (κ2) is 35.4. The van der Waals surface area contributed by atoms with Crippen molar-refractivity contribution in [3.63, 3.8) is 0 Å². The average Bonchev–Trinajstić information content (AvgIpc) is 1.39. The number of fused-ring (bicyclic) bond motifs is 5. The lowest BCUT2D eigenvalue weighted by Gasteiger charge is -2.58. The maximum Gasteiger partial charge on any atom is 0.514 e. The highest BCUT2D eigenvalue weighted by molar-refractivity contribution is 5.98. The molecule has 10 rings (SSSR count). The molecule has 6 aromatic rings. The number of ether oxygens (including phenoxy) is 5. The van der Waals surface area contributed by atoms with Crippen LogP contribution in [0, 0.1) is 53.3 Å². The van der Waals surface area contributed by atoms with Gasteiger partial charge in [-0.3, -0.25) is 24.5 Å². The van der Waals surface area contributed by atoms with Crippen molar-refractivity contribution in [1.82, 2.24) is 21.3 Å². The summed E-state index contributed by atoms with van der Waals surface area (Å²) in [6.07, 6.45) is 17.9. The van der Waals surface area contributed by atoms with E-state index in [4.69, 9.17) is 23.7 Å². The molecule has 0 radical (unpaired) electrons.